The number of aromatic nitrogens is 2. The van der Waals surface area contributed by atoms with Crippen LogP contribution in [0.3, 0.4) is 0 Å². The zero-order valence-electron chi connectivity index (χ0n) is 10.8. The van der Waals surface area contributed by atoms with Crippen molar-refractivity contribution in [3.8, 4) is 0 Å². The molecule has 1 amide bonds. The van der Waals surface area contributed by atoms with E-state index in [1.165, 1.54) is 4.68 Å². The van der Waals surface area contributed by atoms with Crippen LogP contribution in [0.15, 0.2) is 30.3 Å². The van der Waals surface area contributed by atoms with Crippen LogP contribution in [0.4, 0.5) is 10.5 Å². The lowest BCUT2D eigenvalue weighted by Crippen LogP contribution is -2.28. The Hall–Kier alpha value is -2.14. The highest BCUT2D eigenvalue weighted by Gasteiger charge is 2.21. The van der Waals surface area contributed by atoms with Crippen LogP contribution in [-0.2, 0) is 13.0 Å². The number of benzene rings is 1. The monoisotopic (exact) mass is 256 g/mol. The summed E-state index contributed by atoms with van der Waals surface area (Å²) in [5, 5.41) is 10.5. The molecule has 3 rings (SSSR count). The van der Waals surface area contributed by atoms with E-state index in [1.54, 1.807) is 0 Å². The Balaban J connectivity index is 1.88. The van der Waals surface area contributed by atoms with Crippen LogP contribution in [0.25, 0.3) is 0 Å². The molecule has 1 aromatic carbocycles. The molecule has 0 aliphatic carbocycles. The number of amides is 1. The Morgan fingerprint density at radius 3 is 2.95 bits per heavy atom. The first-order valence-corrected chi connectivity index (χ1v) is 6.40. The van der Waals surface area contributed by atoms with E-state index in [0.29, 0.717) is 0 Å². The smallest absolute Gasteiger partial charge is 0.312 e. The van der Waals surface area contributed by atoms with Crippen molar-refractivity contribution in [2.45, 2.75) is 19.9 Å². The highest BCUT2D eigenvalue weighted by atomic mass is 16.2. The molecule has 5 nitrogen and oxygen atoms in total. The Morgan fingerprint density at radius 2 is 2.16 bits per heavy atom. The third kappa shape index (κ3) is 2.24. The highest BCUT2D eigenvalue weighted by molar-refractivity contribution is 5.91. The fourth-order valence-corrected chi connectivity index (χ4v) is 2.38. The van der Waals surface area contributed by atoms with Crippen molar-refractivity contribution in [3.05, 3.63) is 47.3 Å². The topological polar surface area (TPSA) is 59.0 Å². The van der Waals surface area contributed by atoms with E-state index in [4.69, 9.17) is 0 Å². The maximum atomic E-state index is 12.3. The van der Waals surface area contributed by atoms with Crippen LogP contribution in [-0.4, -0.2) is 22.4 Å². The minimum Gasteiger partial charge on any atom is -0.312 e. The average molecular weight is 256 g/mol. The second kappa shape index (κ2) is 4.85. The van der Waals surface area contributed by atoms with E-state index in [-0.39, 0.29) is 6.03 Å². The minimum absolute atomic E-state index is 0.197. The first-order valence-electron chi connectivity index (χ1n) is 6.40. The number of carbonyl (C=O) groups is 1. The molecule has 19 heavy (non-hydrogen) atoms. The summed E-state index contributed by atoms with van der Waals surface area (Å²) in [5.41, 5.74) is 3.87. The SMILES string of the molecule is Cc1nn(C(=O)Nc2ccccc2)c2c1CNCC2. The molecule has 2 N–H and O–H groups in total. The third-order valence-corrected chi connectivity index (χ3v) is 3.35. The second-order valence-corrected chi connectivity index (χ2v) is 4.65. The number of rotatable bonds is 1. The van der Waals surface area contributed by atoms with Crippen molar-refractivity contribution in [1.82, 2.24) is 15.1 Å². The second-order valence-electron chi connectivity index (χ2n) is 4.65. The lowest BCUT2D eigenvalue weighted by Gasteiger charge is -2.15. The van der Waals surface area contributed by atoms with Gasteiger partial charge >= 0.3 is 6.03 Å². The predicted molar refractivity (Wildman–Crippen MR) is 73.2 cm³/mol. The molecule has 1 aliphatic heterocycles. The van der Waals surface area contributed by atoms with Gasteiger partial charge in [0.2, 0.25) is 0 Å². The lowest BCUT2D eigenvalue weighted by atomic mass is 10.1. The van der Waals surface area contributed by atoms with E-state index in [9.17, 15) is 4.79 Å². The van der Waals surface area contributed by atoms with Gasteiger partial charge in [0.05, 0.1) is 11.4 Å². The van der Waals surface area contributed by atoms with Crippen LogP contribution in [0.2, 0.25) is 0 Å². The largest absolute Gasteiger partial charge is 0.346 e. The van der Waals surface area contributed by atoms with Crippen molar-refractivity contribution in [1.29, 1.82) is 0 Å². The van der Waals surface area contributed by atoms with Gasteiger partial charge in [-0.15, -0.1) is 0 Å². The number of fused-ring (bicyclic) bond motifs is 1. The van der Waals surface area contributed by atoms with Crippen molar-refractivity contribution in [3.63, 3.8) is 0 Å². The van der Waals surface area contributed by atoms with Gasteiger partial charge in [0, 0.05) is 30.8 Å². The molecule has 0 saturated heterocycles. The summed E-state index contributed by atoms with van der Waals surface area (Å²) >= 11 is 0. The molecule has 0 radical (unpaired) electrons. The van der Waals surface area contributed by atoms with E-state index in [0.717, 1.165) is 42.1 Å². The first kappa shape index (κ1) is 11.9. The highest BCUT2D eigenvalue weighted by Crippen LogP contribution is 2.18. The summed E-state index contributed by atoms with van der Waals surface area (Å²) in [6.07, 6.45) is 0.832. The number of hydrogen-bond acceptors (Lipinski definition) is 3. The maximum Gasteiger partial charge on any atom is 0.346 e. The minimum atomic E-state index is -0.197. The van der Waals surface area contributed by atoms with Gasteiger partial charge in [-0.3, -0.25) is 0 Å². The normalized spacial score (nSPS) is 13.9. The van der Waals surface area contributed by atoms with Gasteiger partial charge in [0.1, 0.15) is 0 Å². The molecular weight excluding hydrogens is 240 g/mol. The van der Waals surface area contributed by atoms with Crippen molar-refractivity contribution in [2.24, 2.45) is 0 Å². The Kier molecular flexibility index (Phi) is 3.05. The van der Waals surface area contributed by atoms with Crippen LogP contribution in [0.1, 0.15) is 17.0 Å². The van der Waals surface area contributed by atoms with Gasteiger partial charge in [0.25, 0.3) is 0 Å². The predicted octanol–water partition coefficient (Wildman–Crippen LogP) is 1.92. The van der Waals surface area contributed by atoms with E-state index >= 15 is 0 Å². The van der Waals surface area contributed by atoms with Crippen LogP contribution in [0, 0.1) is 6.92 Å². The molecule has 0 spiro atoms. The quantitative estimate of drug-likeness (QED) is 0.819. The molecule has 1 aliphatic rings. The Bertz CT molecular complexity index is 603. The summed E-state index contributed by atoms with van der Waals surface area (Å²) in [4.78, 5) is 12.3. The van der Waals surface area contributed by atoms with Gasteiger partial charge in [0.15, 0.2) is 0 Å². The molecule has 0 bridgehead atoms. The van der Waals surface area contributed by atoms with Gasteiger partial charge in [-0.05, 0) is 19.1 Å². The summed E-state index contributed by atoms with van der Waals surface area (Å²) in [6, 6.07) is 9.23. The number of nitrogens with zero attached hydrogens (tertiary/aromatic N) is 2. The number of aryl methyl sites for hydroxylation is 1. The summed E-state index contributed by atoms with van der Waals surface area (Å²) < 4.78 is 1.50. The standard InChI is InChI=1S/C14H16N4O/c1-10-12-9-15-8-7-13(12)18(17-10)14(19)16-11-5-3-2-4-6-11/h2-6,15H,7-9H2,1H3,(H,16,19). The molecule has 0 saturated carbocycles. The van der Waals surface area contributed by atoms with Crippen LogP contribution < -0.4 is 10.6 Å². The average Bonchev–Trinajstić information content (AvgIpc) is 2.78. The fourth-order valence-electron chi connectivity index (χ4n) is 2.38. The van der Waals surface area contributed by atoms with Crippen LogP contribution >= 0.6 is 0 Å². The molecule has 1 aromatic heterocycles. The molecule has 0 atom stereocenters. The molecule has 2 aromatic rings. The molecular formula is C14H16N4O. The molecule has 0 unspecified atom stereocenters. The fraction of sp³-hybridized carbons (Fsp3) is 0.286. The third-order valence-electron chi connectivity index (χ3n) is 3.35. The number of anilines is 1. The molecule has 0 fully saturated rings. The van der Waals surface area contributed by atoms with Crippen molar-refractivity contribution < 1.29 is 4.79 Å². The van der Waals surface area contributed by atoms with Crippen LogP contribution in [0.5, 0.6) is 0 Å². The number of hydrogen-bond donors (Lipinski definition) is 2. The van der Waals surface area contributed by atoms with E-state index in [2.05, 4.69) is 15.7 Å². The summed E-state index contributed by atoms with van der Waals surface area (Å²) in [5.74, 6) is 0. The molecule has 2 heterocycles. The van der Waals surface area contributed by atoms with E-state index in [1.807, 2.05) is 37.3 Å². The van der Waals surface area contributed by atoms with Crippen molar-refractivity contribution in [2.75, 3.05) is 11.9 Å². The summed E-state index contributed by atoms with van der Waals surface area (Å²) in [6.45, 7) is 3.62. The molecule has 98 valence electrons. The number of nitrogens with one attached hydrogen (secondary N) is 2. The van der Waals surface area contributed by atoms with Gasteiger partial charge in [-0.1, -0.05) is 18.2 Å². The summed E-state index contributed by atoms with van der Waals surface area (Å²) in [7, 11) is 0. The van der Waals surface area contributed by atoms with Gasteiger partial charge in [-0.2, -0.15) is 9.78 Å². The van der Waals surface area contributed by atoms with Gasteiger partial charge < -0.3 is 10.6 Å². The maximum absolute atomic E-state index is 12.3. The Labute approximate surface area is 111 Å². The van der Waals surface area contributed by atoms with Crippen molar-refractivity contribution >= 4 is 11.7 Å². The zero-order chi connectivity index (χ0) is 13.2. The first-order chi connectivity index (χ1) is 9.25. The zero-order valence-corrected chi connectivity index (χ0v) is 10.8. The number of carbonyl (C=O) groups excluding carboxylic acids is 1. The van der Waals surface area contributed by atoms with E-state index < -0.39 is 0 Å². The Morgan fingerprint density at radius 1 is 1.37 bits per heavy atom. The number of para-hydroxylation sites is 1. The van der Waals surface area contributed by atoms with Gasteiger partial charge in [-0.25, -0.2) is 4.79 Å². The molecule has 5 heteroatoms. The lowest BCUT2D eigenvalue weighted by molar-refractivity contribution is 0.250.